The van der Waals surface area contributed by atoms with E-state index in [1.165, 1.54) is 6.07 Å². The molecule has 0 bridgehead atoms. The molecule has 0 saturated heterocycles. The second kappa shape index (κ2) is 6.41. The number of benzene rings is 2. The summed E-state index contributed by atoms with van der Waals surface area (Å²) < 4.78 is 1.51. The molecule has 1 amide bonds. The van der Waals surface area contributed by atoms with E-state index in [1.807, 2.05) is 0 Å². The summed E-state index contributed by atoms with van der Waals surface area (Å²) in [5.41, 5.74) is 1.72. The van der Waals surface area contributed by atoms with Crippen LogP contribution in [0.25, 0.3) is 0 Å². The first-order valence-corrected chi connectivity index (χ1v) is 7.57. The van der Waals surface area contributed by atoms with Gasteiger partial charge in [-0.3, -0.25) is 4.79 Å². The number of aryl methyl sites for hydroxylation is 1. The molecule has 2 N–H and O–H groups in total. The number of anilines is 1. The van der Waals surface area contributed by atoms with Crippen LogP contribution in [0.3, 0.4) is 0 Å². The van der Waals surface area contributed by atoms with Gasteiger partial charge in [-0.05, 0) is 58.7 Å². The maximum atomic E-state index is 12.2. The highest BCUT2D eigenvalue weighted by atomic mass is 79.9. The Balaban J connectivity index is 2.27. The predicted molar refractivity (Wildman–Crippen MR) is 87.9 cm³/mol. The number of carbonyl (C=O) groups excluding carboxylic acids is 1. The zero-order chi connectivity index (χ0) is 15.6. The molecule has 0 spiro atoms. The molecule has 0 fully saturated rings. The highest BCUT2D eigenvalue weighted by Crippen LogP contribution is 2.23. The van der Waals surface area contributed by atoms with Gasteiger partial charge in [-0.25, -0.2) is 4.79 Å². The van der Waals surface area contributed by atoms with Gasteiger partial charge in [0.15, 0.2) is 0 Å². The van der Waals surface area contributed by atoms with E-state index in [0.29, 0.717) is 21.3 Å². The Hall–Kier alpha value is -1.66. The van der Waals surface area contributed by atoms with E-state index < -0.39 is 5.97 Å². The number of amides is 1. The molecule has 2 aromatic rings. The molecule has 0 unspecified atom stereocenters. The Morgan fingerprint density at radius 1 is 1.05 bits per heavy atom. The number of carboxylic acid groups (broad SMARTS) is 1. The maximum Gasteiger partial charge on any atom is 0.336 e. The maximum absolute atomic E-state index is 12.2. The number of carboxylic acids is 1. The first kappa shape index (κ1) is 15.7. The third-order valence-electron chi connectivity index (χ3n) is 2.90. The second-order valence-corrected chi connectivity index (χ2v) is 6.18. The first-order chi connectivity index (χ1) is 9.88. The third-order valence-corrected chi connectivity index (χ3v) is 4.05. The van der Waals surface area contributed by atoms with Crippen LogP contribution in [-0.4, -0.2) is 17.0 Å². The van der Waals surface area contributed by atoms with E-state index in [1.54, 1.807) is 37.3 Å². The Bertz CT molecular complexity index is 729. The monoisotopic (exact) mass is 411 g/mol. The van der Waals surface area contributed by atoms with Crippen LogP contribution in [0.2, 0.25) is 0 Å². The van der Waals surface area contributed by atoms with E-state index in [0.717, 1.165) is 4.47 Å². The largest absolute Gasteiger partial charge is 0.478 e. The Labute approximate surface area is 138 Å². The van der Waals surface area contributed by atoms with Crippen LogP contribution in [0.4, 0.5) is 5.69 Å². The van der Waals surface area contributed by atoms with Crippen LogP contribution in [0.5, 0.6) is 0 Å². The number of hydrogen-bond donors (Lipinski definition) is 2. The number of rotatable bonds is 3. The molecular weight excluding hydrogens is 402 g/mol. The van der Waals surface area contributed by atoms with Crippen LogP contribution >= 0.6 is 31.9 Å². The van der Waals surface area contributed by atoms with Crippen molar-refractivity contribution in [2.45, 2.75) is 6.92 Å². The fraction of sp³-hybridized carbons (Fsp3) is 0.0667. The van der Waals surface area contributed by atoms with Gasteiger partial charge in [0.05, 0.1) is 11.1 Å². The fourth-order valence-corrected chi connectivity index (χ4v) is 3.03. The third kappa shape index (κ3) is 3.71. The van der Waals surface area contributed by atoms with Gasteiger partial charge in [-0.1, -0.05) is 22.0 Å². The Morgan fingerprint density at radius 2 is 1.76 bits per heavy atom. The SMILES string of the molecule is Cc1ccc(NC(=O)c2ccc(Br)cc2Br)cc1C(=O)O. The van der Waals surface area contributed by atoms with Gasteiger partial charge in [-0.2, -0.15) is 0 Å². The molecule has 0 aliphatic rings. The van der Waals surface area contributed by atoms with Crippen molar-refractivity contribution < 1.29 is 14.7 Å². The minimum Gasteiger partial charge on any atom is -0.478 e. The van der Waals surface area contributed by atoms with Crippen LogP contribution in [-0.2, 0) is 0 Å². The summed E-state index contributed by atoms with van der Waals surface area (Å²) in [6.07, 6.45) is 0. The lowest BCUT2D eigenvalue weighted by molar-refractivity contribution is 0.0695. The summed E-state index contributed by atoms with van der Waals surface area (Å²) in [6.45, 7) is 1.71. The first-order valence-electron chi connectivity index (χ1n) is 5.99. The normalized spacial score (nSPS) is 10.2. The molecule has 0 aliphatic carbocycles. The summed E-state index contributed by atoms with van der Waals surface area (Å²) in [5.74, 6) is -1.33. The Morgan fingerprint density at radius 3 is 2.38 bits per heavy atom. The summed E-state index contributed by atoms with van der Waals surface area (Å²) in [5, 5.41) is 11.8. The molecule has 0 saturated carbocycles. The summed E-state index contributed by atoms with van der Waals surface area (Å²) in [4.78, 5) is 23.3. The van der Waals surface area contributed by atoms with Gasteiger partial charge < -0.3 is 10.4 Å². The molecule has 0 aromatic heterocycles. The zero-order valence-corrected chi connectivity index (χ0v) is 14.2. The highest BCUT2D eigenvalue weighted by molar-refractivity contribution is 9.11. The predicted octanol–water partition coefficient (Wildman–Crippen LogP) is 4.47. The Kier molecular flexibility index (Phi) is 4.80. The standard InChI is InChI=1S/C15H11Br2NO3/c1-8-2-4-10(7-12(8)15(20)21)18-14(19)11-5-3-9(16)6-13(11)17/h2-7H,1H3,(H,18,19)(H,20,21). The van der Waals surface area contributed by atoms with E-state index in [2.05, 4.69) is 37.2 Å². The lowest BCUT2D eigenvalue weighted by Gasteiger charge is -2.09. The van der Waals surface area contributed by atoms with E-state index in [9.17, 15) is 9.59 Å². The van der Waals surface area contributed by atoms with Gasteiger partial charge in [-0.15, -0.1) is 0 Å². The lowest BCUT2D eigenvalue weighted by atomic mass is 10.1. The molecule has 2 rings (SSSR count). The van der Waals surface area contributed by atoms with Crippen LogP contribution in [0.1, 0.15) is 26.3 Å². The lowest BCUT2D eigenvalue weighted by Crippen LogP contribution is -2.13. The van der Waals surface area contributed by atoms with Crippen LogP contribution in [0.15, 0.2) is 45.3 Å². The quantitative estimate of drug-likeness (QED) is 0.781. The summed E-state index contributed by atoms with van der Waals surface area (Å²) >= 11 is 6.64. The molecule has 21 heavy (non-hydrogen) atoms. The average molecular weight is 413 g/mol. The van der Waals surface area contributed by atoms with Crippen molar-refractivity contribution in [2.24, 2.45) is 0 Å². The molecule has 6 heteroatoms. The van der Waals surface area contributed by atoms with Crippen molar-refractivity contribution in [1.29, 1.82) is 0 Å². The molecule has 4 nitrogen and oxygen atoms in total. The number of aromatic carboxylic acids is 1. The fourth-order valence-electron chi connectivity index (χ4n) is 1.80. The smallest absolute Gasteiger partial charge is 0.336 e. The van der Waals surface area contributed by atoms with E-state index in [4.69, 9.17) is 5.11 Å². The minimum atomic E-state index is -1.02. The highest BCUT2D eigenvalue weighted by Gasteiger charge is 2.13. The molecule has 2 aromatic carbocycles. The molecule has 108 valence electrons. The van der Waals surface area contributed by atoms with E-state index in [-0.39, 0.29) is 11.5 Å². The average Bonchev–Trinajstić information content (AvgIpc) is 2.40. The van der Waals surface area contributed by atoms with Gasteiger partial charge in [0.2, 0.25) is 0 Å². The van der Waals surface area contributed by atoms with Crippen LogP contribution in [0, 0.1) is 6.92 Å². The van der Waals surface area contributed by atoms with Gasteiger partial charge in [0.25, 0.3) is 5.91 Å². The van der Waals surface area contributed by atoms with Crippen molar-refractivity contribution in [2.75, 3.05) is 5.32 Å². The van der Waals surface area contributed by atoms with Gasteiger partial charge >= 0.3 is 5.97 Å². The minimum absolute atomic E-state index is 0.169. The number of halogens is 2. The molecular formula is C15H11Br2NO3. The van der Waals surface area contributed by atoms with Crippen LogP contribution < -0.4 is 5.32 Å². The summed E-state index contributed by atoms with van der Waals surface area (Å²) in [6, 6.07) is 9.99. The molecule has 0 heterocycles. The van der Waals surface area contributed by atoms with Crippen molar-refractivity contribution in [3.63, 3.8) is 0 Å². The molecule has 0 atom stereocenters. The zero-order valence-electron chi connectivity index (χ0n) is 11.0. The van der Waals surface area contributed by atoms with Crippen molar-refractivity contribution in [3.05, 3.63) is 62.0 Å². The molecule has 0 aliphatic heterocycles. The van der Waals surface area contributed by atoms with Gasteiger partial charge in [0.1, 0.15) is 0 Å². The number of carbonyl (C=O) groups is 2. The topological polar surface area (TPSA) is 66.4 Å². The van der Waals surface area contributed by atoms with Crippen molar-refractivity contribution in [3.8, 4) is 0 Å². The van der Waals surface area contributed by atoms with Crippen molar-refractivity contribution in [1.82, 2.24) is 0 Å². The van der Waals surface area contributed by atoms with E-state index >= 15 is 0 Å². The number of hydrogen-bond acceptors (Lipinski definition) is 2. The second-order valence-electron chi connectivity index (χ2n) is 4.41. The van der Waals surface area contributed by atoms with Gasteiger partial charge in [0, 0.05) is 14.6 Å². The molecule has 0 radical (unpaired) electrons. The summed E-state index contributed by atoms with van der Waals surface area (Å²) in [7, 11) is 0. The van der Waals surface area contributed by atoms with Crippen molar-refractivity contribution >= 4 is 49.4 Å². The number of nitrogens with one attached hydrogen (secondary N) is 1.